The van der Waals surface area contributed by atoms with Gasteiger partial charge < -0.3 is 5.32 Å². The second-order valence-corrected chi connectivity index (χ2v) is 4.00. The Bertz CT molecular complexity index is 583. The fraction of sp³-hybridized carbons (Fsp3) is 0.143. The summed E-state index contributed by atoms with van der Waals surface area (Å²) in [6.07, 6.45) is 1.94. The van der Waals surface area contributed by atoms with Gasteiger partial charge in [-0.3, -0.25) is 0 Å². The van der Waals surface area contributed by atoms with Crippen LogP contribution in [0.1, 0.15) is 11.1 Å². The monoisotopic (exact) mass is 259 g/mol. The number of rotatable bonds is 4. The lowest BCUT2D eigenvalue weighted by Gasteiger charge is -2.06. The van der Waals surface area contributed by atoms with E-state index in [1.165, 1.54) is 18.3 Å². The van der Waals surface area contributed by atoms with Crippen molar-refractivity contribution in [2.75, 3.05) is 11.9 Å². The van der Waals surface area contributed by atoms with E-state index in [0.29, 0.717) is 29.9 Å². The minimum Gasteiger partial charge on any atom is -0.370 e. The first-order valence-corrected chi connectivity index (χ1v) is 5.72. The van der Waals surface area contributed by atoms with Crippen LogP contribution in [0.2, 0.25) is 0 Å². The Hall–Kier alpha value is -2.48. The first-order valence-electron chi connectivity index (χ1n) is 5.72. The maximum atomic E-state index is 13.0. The lowest BCUT2D eigenvalue weighted by Crippen LogP contribution is -2.06. The molecule has 0 amide bonds. The molecule has 2 rings (SSSR count). The molecule has 0 atom stereocenters. The molecule has 3 nitrogen and oxygen atoms in total. The number of nitrogens with one attached hydrogen (secondary N) is 1. The molecule has 0 radical (unpaired) electrons. The first kappa shape index (κ1) is 13.0. The molecule has 0 unspecified atom stereocenters. The summed E-state index contributed by atoms with van der Waals surface area (Å²) in [4.78, 5) is 4.03. The average Bonchev–Trinajstić information content (AvgIpc) is 2.38. The zero-order valence-corrected chi connectivity index (χ0v) is 10.0. The average molecular weight is 259 g/mol. The van der Waals surface area contributed by atoms with Crippen LogP contribution in [0.25, 0.3) is 0 Å². The maximum absolute atomic E-state index is 13.0. The molecule has 0 fully saturated rings. The van der Waals surface area contributed by atoms with Gasteiger partial charge >= 0.3 is 0 Å². The van der Waals surface area contributed by atoms with Gasteiger partial charge in [0.15, 0.2) is 0 Å². The van der Waals surface area contributed by atoms with Crippen molar-refractivity contribution in [3.8, 4) is 6.07 Å². The van der Waals surface area contributed by atoms with E-state index in [1.54, 1.807) is 12.1 Å². The Morgan fingerprint density at radius 3 is 2.47 bits per heavy atom. The van der Waals surface area contributed by atoms with Crippen molar-refractivity contribution >= 4 is 5.82 Å². The summed E-state index contributed by atoms with van der Waals surface area (Å²) in [5, 5.41) is 11.6. The maximum Gasteiger partial charge on any atom is 0.126 e. The number of nitrogens with zero attached hydrogens (tertiary/aromatic N) is 2. The highest BCUT2D eigenvalue weighted by molar-refractivity contribution is 5.39. The van der Waals surface area contributed by atoms with Crippen molar-refractivity contribution in [2.24, 2.45) is 0 Å². The summed E-state index contributed by atoms with van der Waals surface area (Å²) in [6, 6.07) is 8.76. The van der Waals surface area contributed by atoms with Crippen molar-refractivity contribution in [2.45, 2.75) is 6.42 Å². The van der Waals surface area contributed by atoms with Gasteiger partial charge in [-0.25, -0.2) is 13.8 Å². The van der Waals surface area contributed by atoms with Crippen LogP contribution >= 0.6 is 0 Å². The number of hydrogen-bond donors (Lipinski definition) is 1. The quantitative estimate of drug-likeness (QED) is 0.918. The second-order valence-electron chi connectivity index (χ2n) is 4.00. The van der Waals surface area contributed by atoms with Crippen molar-refractivity contribution < 1.29 is 8.78 Å². The lowest BCUT2D eigenvalue weighted by atomic mass is 10.1. The molecule has 5 heteroatoms. The smallest absolute Gasteiger partial charge is 0.126 e. The first-order chi connectivity index (χ1) is 9.17. The van der Waals surface area contributed by atoms with Gasteiger partial charge in [0.05, 0.1) is 5.56 Å². The third kappa shape index (κ3) is 3.75. The molecule has 0 aliphatic rings. The van der Waals surface area contributed by atoms with E-state index in [9.17, 15) is 8.78 Å². The van der Waals surface area contributed by atoms with Crippen LogP contribution in [0.4, 0.5) is 14.6 Å². The van der Waals surface area contributed by atoms with E-state index in [2.05, 4.69) is 10.3 Å². The largest absolute Gasteiger partial charge is 0.370 e. The number of hydrogen-bond acceptors (Lipinski definition) is 3. The SMILES string of the molecule is N#Cc1ccc(NCCc2cc(F)cc(F)c2)nc1. The molecule has 1 aromatic heterocycles. The van der Waals surface area contributed by atoms with Gasteiger partial charge in [-0.2, -0.15) is 5.26 Å². The standard InChI is InChI=1S/C14H11F2N3/c15-12-5-10(6-13(16)7-12)3-4-18-14-2-1-11(8-17)9-19-14/h1-2,5-7,9H,3-4H2,(H,18,19). The molecule has 0 saturated heterocycles. The van der Waals surface area contributed by atoms with Gasteiger partial charge in [0.25, 0.3) is 0 Å². The minimum atomic E-state index is -0.577. The summed E-state index contributed by atoms with van der Waals surface area (Å²) in [6.45, 7) is 0.502. The van der Waals surface area contributed by atoms with E-state index in [4.69, 9.17) is 5.26 Å². The van der Waals surface area contributed by atoms with Gasteiger partial charge in [0, 0.05) is 18.8 Å². The number of pyridine rings is 1. The minimum absolute atomic E-state index is 0.483. The predicted octanol–water partition coefficient (Wildman–Crippen LogP) is 2.89. The van der Waals surface area contributed by atoms with E-state index < -0.39 is 11.6 Å². The second kappa shape index (κ2) is 5.91. The normalized spacial score (nSPS) is 9.95. The van der Waals surface area contributed by atoms with Crippen molar-refractivity contribution in [1.82, 2.24) is 4.98 Å². The molecule has 0 aliphatic carbocycles. The zero-order chi connectivity index (χ0) is 13.7. The van der Waals surface area contributed by atoms with Gasteiger partial charge in [-0.05, 0) is 36.2 Å². The van der Waals surface area contributed by atoms with E-state index in [1.807, 2.05) is 6.07 Å². The highest BCUT2D eigenvalue weighted by Crippen LogP contribution is 2.09. The summed E-state index contributed by atoms with van der Waals surface area (Å²) in [7, 11) is 0. The number of anilines is 1. The molecule has 1 aromatic carbocycles. The Morgan fingerprint density at radius 2 is 1.89 bits per heavy atom. The third-order valence-electron chi connectivity index (χ3n) is 2.53. The summed E-state index contributed by atoms with van der Waals surface area (Å²) in [5.41, 5.74) is 1.07. The molecule has 19 heavy (non-hydrogen) atoms. The van der Waals surface area contributed by atoms with Crippen molar-refractivity contribution in [1.29, 1.82) is 5.26 Å². The Kier molecular flexibility index (Phi) is 4.04. The Morgan fingerprint density at radius 1 is 1.16 bits per heavy atom. The molecule has 1 N–H and O–H groups in total. The molecule has 0 aliphatic heterocycles. The van der Waals surface area contributed by atoms with Gasteiger partial charge in [-0.15, -0.1) is 0 Å². The zero-order valence-electron chi connectivity index (χ0n) is 10.0. The topological polar surface area (TPSA) is 48.7 Å². The van der Waals surface area contributed by atoms with Gasteiger partial charge in [0.2, 0.25) is 0 Å². The highest BCUT2D eigenvalue weighted by atomic mass is 19.1. The van der Waals surface area contributed by atoms with Crippen LogP contribution in [0, 0.1) is 23.0 Å². The highest BCUT2D eigenvalue weighted by Gasteiger charge is 2.01. The number of benzene rings is 1. The van der Waals surface area contributed by atoms with Gasteiger partial charge in [0.1, 0.15) is 23.5 Å². The van der Waals surface area contributed by atoms with Crippen molar-refractivity contribution in [3.63, 3.8) is 0 Å². The van der Waals surface area contributed by atoms with Crippen LogP contribution in [0.5, 0.6) is 0 Å². The number of nitriles is 1. The van der Waals surface area contributed by atoms with Crippen LogP contribution in [0.3, 0.4) is 0 Å². The Labute approximate surface area is 109 Å². The molecule has 1 heterocycles. The fourth-order valence-electron chi connectivity index (χ4n) is 1.65. The van der Waals surface area contributed by atoms with Crippen LogP contribution in [0.15, 0.2) is 36.5 Å². The molecular formula is C14H11F2N3. The molecule has 0 bridgehead atoms. The predicted molar refractivity (Wildman–Crippen MR) is 67.5 cm³/mol. The van der Waals surface area contributed by atoms with Crippen LogP contribution in [-0.2, 0) is 6.42 Å². The number of aromatic nitrogens is 1. The molecule has 96 valence electrons. The van der Waals surface area contributed by atoms with E-state index in [-0.39, 0.29) is 0 Å². The van der Waals surface area contributed by atoms with Crippen molar-refractivity contribution in [3.05, 3.63) is 59.3 Å². The summed E-state index contributed by atoms with van der Waals surface area (Å²) in [5.74, 6) is -0.533. The van der Waals surface area contributed by atoms with E-state index in [0.717, 1.165) is 6.07 Å². The summed E-state index contributed by atoms with van der Waals surface area (Å²) >= 11 is 0. The van der Waals surface area contributed by atoms with Gasteiger partial charge in [-0.1, -0.05) is 0 Å². The van der Waals surface area contributed by atoms with Crippen LogP contribution < -0.4 is 5.32 Å². The number of halogens is 2. The van der Waals surface area contributed by atoms with Crippen LogP contribution in [-0.4, -0.2) is 11.5 Å². The molecule has 2 aromatic rings. The fourth-order valence-corrected chi connectivity index (χ4v) is 1.65. The molecular weight excluding hydrogens is 248 g/mol. The third-order valence-corrected chi connectivity index (χ3v) is 2.53. The lowest BCUT2D eigenvalue weighted by molar-refractivity contribution is 0.580. The summed E-state index contributed by atoms with van der Waals surface area (Å²) < 4.78 is 25.9. The molecule has 0 spiro atoms. The van der Waals surface area contributed by atoms with E-state index >= 15 is 0 Å². The molecule has 0 saturated carbocycles. The Balaban J connectivity index is 1.90.